The molecular formula is C11H15Cl2N3. The van der Waals surface area contributed by atoms with E-state index in [1.807, 2.05) is 20.8 Å². The molecule has 1 aromatic carbocycles. The number of anilines is 1. The molecular weight excluding hydrogens is 245 g/mol. The van der Waals surface area contributed by atoms with Gasteiger partial charge in [0.1, 0.15) is 0 Å². The molecule has 0 atom stereocenters. The highest BCUT2D eigenvalue weighted by Gasteiger charge is 2.05. The van der Waals surface area contributed by atoms with Gasteiger partial charge < -0.3 is 11.1 Å². The Labute approximate surface area is 106 Å². The monoisotopic (exact) mass is 259 g/mol. The Morgan fingerprint density at radius 1 is 1.31 bits per heavy atom. The third-order valence-corrected chi connectivity index (χ3v) is 2.63. The van der Waals surface area contributed by atoms with Gasteiger partial charge in [-0.05, 0) is 38.5 Å². The lowest BCUT2D eigenvalue weighted by atomic mass is 10.2. The Bertz CT molecular complexity index is 414. The summed E-state index contributed by atoms with van der Waals surface area (Å²) in [6.45, 7) is 5.78. The van der Waals surface area contributed by atoms with Crippen molar-refractivity contribution in [3.63, 3.8) is 0 Å². The first kappa shape index (κ1) is 13.1. The van der Waals surface area contributed by atoms with E-state index in [2.05, 4.69) is 10.3 Å². The van der Waals surface area contributed by atoms with Crippen molar-refractivity contribution >= 4 is 34.8 Å². The molecule has 0 spiro atoms. The summed E-state index contributed by atoms with van der Waals surface area (Å²) in [5.41, 5.74) is 7.29. The predicted octanol–water partition coefficient (Wildman–Crippen LogP) is 3.44. The Morgan fingerprint density at radius 2 is 1.94 bits per heavy atom. The summed E-state index contributed by atoms with van der Waals surface area (Å²) in [5, 5.41) is 4.14. The lowest BCUT2D eigenvalue weighted by Gasteiger charge is -2.10. The fourth-order valence-electron chi connectivity index (χ4n) is 1.19. The Morgan fingerprint density at radius 3 is 2.50 bits per heavy atom. The molecule has 0 fully saturated rings. The largest absolute Gasteiger partial charge is 0.370 e. The van der Waals surface area contributed by atoms with E-state index < -0.39 is 0 Å². The zero-order valence-electron chi connectivity index (χ0n) is 9.51. The molecule has 3 N–H and O–H groups in total. The number of halogens is 2. The van der Waals surface area contributed by atoms with Gasteiger partial charge >= 0.3 is 0 Å². The third-order valence-electron chi connectivity index (χ3n) is 1.91. The van der Waals surface area contributed by atoms with Crippen molar-refractivity contribution in [2.45, 2.75) is 26.8 Å². The number of benzene rings is 1. The Hall–Kier alpha value is -0.930. The van der Waals surface area contributed by atoms with Crippen molar-refractivity contribution in [1.29, 1.82) is 0 Å². The molecule has 0 aliphatic carbocycles. The third kappa shape index (κ3) is 3.58. The molecule has 0 amide bonds. The summed E-state index contributed by atoms with van der Waals surface area (Å²) < 4.78 is 0. The van der Waals surface area contributed by atoms with E-state index in [1.54, 1.807) is 12.1 Å². The van der Waals surface area contributed by atoms with Crippen molar-refractivity contribution in [1.82, 2.24) is 0 Å². The quantitative estimate of drug-likeness (QED) is 0.632. The molecule has 0 unspecified atom stereocenters. The van der Waals surface area contributed by atoms with Crippen LogP contribution in [-0.2, 0) is 0 Å². The average molecular weight is 260 g/mol. The highest BCUT2D eigenvalue weighted by molar-refractivity contribution is 6.36. The molecule has 0 saturated carbocycles. The number of hydrogen-bond donors (Lipinski definition) is 2. The molecule has 0 bridgehead atoms. The van der Waals surface area contributed by atoms with Gasteiger partial charge in [0.05, 0.1) is 10.7 Å². The standard InChI is InChI=1S/C11H15Cl2N3/c1-6(2)15-11(14)16-10-5-8(12)7(3)4-9(10)13/h4-6H,1-3H3,(H3,14,15,16). The van der Waals surface area contributed by atoms with Crippen molar-refractivity contribution < 1.29 is 0 Å². The number of rotatable bonds is 2. The normalized spacial score (nSPS) is 12.0. The number of aliphatic imine (C=N–C) groups is 1. The molecule has 0 radical (unpaired) electrons. The summed E-state index contributed by atoms with van der Waals surface area (Å²) in [4.78, 5) is 4.15. The molecule has 3 nitrogen and oxygen atoms in total. The van der Waals surface area contributed by atoms with Crippen LogP contribution in [0.1, 0.15) is 19.4 Å². The van der Waals surface area contributed by atoms with Crippen LogP contribution in [0.4, 0.5) is 5.69 Å². The number of nitrogens with two attached hydrogens (primary N) is 1. The molecule has 5 heteroatoms. The highest BCUT2D eigenvalue weighted by Crippen LogP contribution is 2.28. The molecule has 16 heavy (non-hydrogen) atoms. The summed E-state index contributed by atoms with van der Waals surface area (Å²) in [6.07, 6.45) is 0. The van der Waals surface area contributed by atoms with Crippen LogP contribution in [0, 0.1) is 6.92 Å². The van der Waals surface area contributed by atoms with E-state index in [1.165, 1.54) is 0 Å². The van der Waals surface area contributed by atoms with E-state index in [-0.39, 0.29) is 6.04 Å². The first-order chi connectivity index (χ1) is 7.40. The van der Waals surface area contributed by atoms with E-state index in [4.69, 9.17) is 28.9 Å². The maximum absolute atomic E-state index is 6.05. The van der Waals surface area contributed by atoms with Gasteiger partial charge in [-0.25, -0.2) is 0 Å². The summed E-state index contributed by atoms with van der Waals surface area (Å²) in [6, 6.07) is 3.66. The maximum Gasteiger partial charge on any atom is 0.193 e. The van der Waals surface area contributed by atoms with Crippen molar-refractivity contribution in [3.8, 4) is 0 Å². The first-order valence-corrected chi connectivity index (χ1v) is 5.71. The van der Waals surface area contributed by atoms with E-state index in [0.29, 0.717) is 21.7 Å². The molecule has 0 saturated heterocycles. The van der Waals surface area contributed by atoms with Crippen LogP contribution in [0.3, 0.4) is 0 Å². The Kier molecular flexibility index (Phi) is 4.44. The topological polar surface area (TPSA) is 50.4 Å². The van der Waals surface area contributed by atoms with Gasteiger partial charge in [-0.2, -0.15) is 0 Å². The minimum Gasteiger partial charge on any atom is -0.370 e. The van der Waals surface area contributed by atoms with E-state index in [0.717, 1.165) is 5.56 Å². The van der Waals surface area contributed by atoms with Crippen LogP contribution in [0.15, 0.2) is 17.1 Å². The zero-order chi connectivity index (χ0) is 12.3. The minimum atomic E-state index is 0.132. The fraction of sp³-hybridized carbons (Fsp3) is 0.364. The number of nitrogens with one attached hydrogen (secondary N) is 1. The molecule has 0 aromatic heterocycles. The molecule has 1 rings (SSSR count). The van der Waals surface area contributed by atoms with E-state index >= 15 is 0 Å². The fourth-order valence-corrected chi connectivity index (χ4v) is 1.62. The number of aryl methyl sites for hydroxylation is 1. The SMILES string of the molecule is Cc1cc(Cl)c(NC(N)=NC(C)C)cc1Cl. The van der Waals surface area contributed by atoms with Gasteiger partial charge in [0.25, 0.3) is 0 Å². The molecule has 0 aliphatic heterocycles. The van der Waals surface area contributed by atoms with Crippen LogP contribution >= 0.6 is 23.2 Å². The molecule has 88 valence electrons. The van der Waals surface area contributed by atoms with Crippen LogP contribution < -0.4 is 11.1 Å². The number of hydrogen-bond acceptors (Lipinski definition) is 1. The number of nitrogens with zero attached hydrogens (tertiary/aromatic N) is 1. The second kappa shape index (κ2) is 5.41. The van der Waals surface area contributed by atoms with Gasteiger partial charge in [0, 0.05) is 11.1 Å². The van der Waals surface area contributed by atoms with Crippen LogP contribution in [0.2, 0.25) is 10.0 Å². The van der Waals surface area contributed by atoms with Crippen LogP contribution in [0.5, 0.6) is 0 Å². The molecule has 0 aliphatic rings. The average Bonchev–Trinajstić information content (AvgIpc) is 2.12. The summed E-state index contributed by atoms with van der Waals surface area (Å²) >= 11 is 12.0. The first-order valence-electron chi connectivity index (χ1n) is 4.96. The summed E-state index contributed by atoms with van der Waals surface area (Å²) in [5.74, 6) is 0.330. The smallest absolute Gasteiger partial charge is 0.193 e. The van der Waals surface area contributed by atoms with Gasteiger partial charge in [0.2, 0.25) is 0 Å². The van der Waals surface area contributed by atoms with Gasteiger partial charge in [-0.1, -0.05) is 23.2 Å². The van der Waals surface area contributed by atoms with E-state index in [9.17, 15) is 0 Å². The van der Waals surface area contributed by atoms with Crippen LogP contribution in [-0.4, -0.2) is 12.0 Å². The number of guanidine groups is 1. The Balaban J connectivity index is 2.94. The van der Waals surface area contributed by atoms with Gasteiger partial charge in [-0.3, -0.25) is 4.99 Å². The molecule has 0 heterocycles. The highest BCUT2D eigenvalue weighted by atomic mass is 35.5. The second-order valence-electron chi connectivity index (χ2n) is 3.81. The van der Waals surface area contributed by atoms with Crippen molar-refractivity contribution in [3.05, 3.63) is 27.7 Å². The lowest BCUT2D eigenvalue weighted by Crippen LogP contribution is -2.24. The summed E-state index contributed by atoms with van der Waals surface area (Å²) in [7, 11) is 0. The molecule has 1 aromatic rings. The van der Waals surface area contributed by atoms with Crippen molar-refractivity contribution in [2.24, 2.45) is 10.7 Å². The van der Waals surface area contributed by atoms with Crippen LogP contribution in [0.25, 0.3) is 0 Å². The minimum absolute atomic E-state index is 0.132. The second-order valence-corrected chi connectivity index (χ2v) is 4.63. The predicted molar refractivity (Wildman–Crippen MR) is 71.6 cm³/mol. The maximum atomic E-state index is 6.05. The lowest BCUT2D eigenvalue weighted by molar-refractivity contribution is 0.833. The van der Waals surface area contributed by atoms with Gasteiger partial charge in [0.15, 0.2) is 5.96 Å². The zero-order valence-corrected chi connectivity index (χ0v) is 11.0. The van der Waals surface area contributed by atoms with Gasteiger partial charge in [-0.15, -0.1) is 0 Å². The van der Waals surface area contributed by atoms with Crippen molar-refractivity contribution in [2.75, 3.05) is 5.32 Å².